The van der Waals surface area contributed by atoms with Crippen molar-refractivity contribution in [2.75, 3.05) is 46.5 Å². The molecule has 0 saturated carbocycles. The molecule has 1 fully saturated rings. The van der Waals surface area contributed by atoms with Crippen molar-refractivity contribution in [3.8, 4) is 0 Å². The lowest BCUT2D eigenvalue weighted by molar-refractivity contribution is -0.149. The topological polar surface area (TPSA) is 63.2 Å². The Kier molecular flexibility index (Phi) is 9.67. The minimum Gasteiger partial charge on any atom is -0.466 e. The fourth-order valence-electron chi connectivity index (χ4n) is 2.58. The maximum atomic E-state index is 11.8. The highest BCUT2D eigenvalue weighted by Gasteiger charge is 2.27. The van der Waals surface area contributed by atoms with Crippen LogP contribution in [-0.4, -0.2) is 63.3 Å². The molecule has 0 atom stereocenters. The first-order chi connectivity index (χ1) is 11.1. The van der Waals surface area contributed by atoms with E-state index in [2.05, 4.69) is 29.1 Å². The van der Waals surface area contributed by atoms with Gasteiger partial charge in [-0.15, -0.1) is 0 Å². The summed E-state index contributed by atoms with van der Waals surface area (Å²) < 4.78 is 10.7. The summed E-state index contributed by atoms with van der Waals surface area (Å²) >= 11 is 0. The van der Waals surface area contributed by atoms with Gasteiger partial charge in [0.2, 0.25) is 0 Å². The lowest BCUT2D eigenvalue weighted by atomic mass is 9.97. The highest BCUT2D eigenvalue weighted by Crippen LogP contribution is 2.18. The molecule has 0 aromatic heterocycles. The van der Waals surface area contributed by atoms with Crippen LogP contribution in [0.3, 0.4) is 0 Å². The number of carbonyl (C=O) groups excluding carboxylic acids is 1. The molecule has 0 aliphatic carbocycles. The number of likely N-dealkylation sites (tertiary alicyclic amines) is 1. The van der Waals surface area contributed by atoms with Gasteiger partial charge in [-0.3, -0.25) is 9.79 Å². The summed E-state index contributed by atoms with van der Waals surface area (Å²) in [4.78, 5) is 18.3. The average Bonchev–Trinajstić information content (AvgIpc) is 2.54. The van der Waals surface area contributed by atoms with Crippen molar-refractivity contribution in [2.24, 2.45) is 16.8 Å². The van der Waals surface area contributed by atoms with Crippen LogP contribution in [0.4, 0.5) is 0 Å². The van der Waals surface area contributed by atoms with Gasteiger partial charge in [0.25, 0.3) is 0 Å². The van der Waals surface area contributed by atoms with E-state index in [1.807, 2.05) is 6.92 Å². The Morgan fingerprint density at radius 2 is 2.00 bits per heavy atom. The van der Waals surface area contributed by atoms with E-state index in [1.54, 1.807) is 7.05 Å². The monoisotopic (exact) mass is 327 g/mol. The minimum absolute atomic E-state index is 0.0312. The van der Waals surface area contributed by atoms with Crippen LogP contribution >= 0.6 is 0 Å². The standard InChI is InChI=1S/C17H33N3O3/c1-5-23-16(21)15-6-10-20(11-7-15)17(18-4)19-9-13-22-12-8-14(2)3/h14-15H,5-13H2,1-4H3,(H,18,19). The average molecular weight is 327 g/mol. The third-order valence-electron chi connectivity index (χ3n) is 4.00. The fraction of sp³-hybridized carbons (Fsp3) is 0.882. The van der Waals surface area contributed by atoms with Gasteiger partial charge in [-0.2, -0.15) is 0 Å². The van der Waals surface area contributed by atoms with Crippen molar-refractivity contribution < 1.29 is 14.3 Å². The van der Waals surface area contributed by atoms with Gasteiger partial charge >= 0.3 is 5.97 Å². The molecule has 134 valence electrons. The molecule has 0 spiro atoms. The van der Waals surface area contributed by atoms with E-state index in [0.29, 0.717) is 19.1 Å². The molecule has 0 unspecified atom stereocenters. The summed E-state index contributed by atoms with van der Waals surface area (Å²) in [6, 6.07) is 0. The van der Waals surface area contributed by atoms with E-state index in [-0.39, 0.29) is 11.9 Å². The van der Waals surface area contributed by atoms with Gasteiger partial charge in [-0.25, -0.2) is 0 Å². The van der Waals surface area contributed by atoms with E-state index in [0.717, 1.165) is 51.5 Å². The molecule has 1 aliphatic rings. The molecule has 6 nitrogen and oxygen atoms in total. The normalized spacial score (nSPS) is 16.7. The largest absolute Gasteiger partial charge is 0.466 e. The number of nitrogens with zero attached hydrogens (tertiary/aromatic N) is 2. The van der Waals surface area contributed by atoms with E-state index in [4.69, 9.17) is 9.47 Å². The van der Waals surface area contributed by atoms with Crippen LogP contribution in [-0.2, 0) is 14.3 Å². The molecule has 23 heavy (non-hydrogen) atoms. The minimum atomic E-state index is -0.0614. The van der Waals surface area contributed by atoms with Crippen molar-refractivity contribution in [1.82, 2.24) is 10.2 Å². The number of piperidine rings is 1. The van der Waals surface area contributed by atoms with Crippen molar-refractivity contribution >= 4 is 11.9 Å². The third kappa shape index (κ3) is 7.68. The van der Waals surface area contributed by atoms with Crippen LogP contribution in [0.15, 0.2) is 4.99 Å². The predicted octanol–water partition coefficient (Wildman–Crippen LogP) is 1.90. The zero-order valence-electron chi connectivity index (χ0n) is 15.1. The summed E-state index contributed by atoms with van der Waals surface area (Å²) in [6.45, 7) is 10.6. The molecule has 0 aromatic carbocycles. The third-order valence-corrected chi connectivity index (χ3v) is 4.00. The van der Waals surface area contributed by atoms with E-state index >= 15 is 0 Å². The number of esters is 1. The highest BCUT2D eigenvalue weighted by atomic mass is 16.5. The van der Waals surface area contributed by atoms with Gasteiger partial charge in [0, 0.05) is 33.3 Å². The number of rotatable bonds is 8. The SMILES string of the molecule is CCOC(=O)C1CCN(C(=NC)NCCOCCC(C)C)CC1. The molecule has 6 heteroatoms. The molecule has 1 saturated heterocycles. The first-order valence-electron chi connectivity index (χ1n) is 8.78. The van der Waals surface area contributed by atoms with Crippen LogP contribution in [0, 0.1) is 11.8 Å². The quantitative estimate of drug-likeness (QED) is 0.319. The van der Waals surface area contributed by atoms with Crippen LogP contribution < -0.4 is 5.32 Å². The first-order valence-corrected chi connectivity index (χ1v) is 8.78. The van der Waals surface area contributed by atoms with Crippen molar-refractivity contribution in [1.29, 1.82) is 0 Å². The Labute approximate surface area is 140 Å². The van der Waals surface area contributed by atoms with Crippen LogP contribution in [0.2, 0.25) is 0 Å². The Hall–Kier alpha value is -1.30. The zero-order valence-corrected chi connectivity index (χ0v) is 15.1. The van der Waals surface area contributed by atoms with Crippen LogP contribution in [0.5, 0.6) is 0 Å². The van der Waals surface area contributed by atoms with Crippen molar-refractivity contribution in [3.63, 3.8) is 0 Å². The van der Waals surface area contributed by atoms with Crippen LogP contribution in [0.1, 0.15) is 40.0 Å². The summed E-state index contributed by atoms with van der Waals surface area (Å²) in [5, 5.41) is 3.33. The highest BCUT2D eigenvalue weighted by molar-refractivity contribution is 5.80. The van der Waals surface area contributed by atoms with Crippen molar-refractivity contribution in [2.45, 2.75) is 40.0 Å². The molecule has 0 aromatic rings. The molecule has 1 heterocycles. The van der Waals surface area contributed by atoms with Gasteiger partial charge < -0.3 is 19.7 Å². The number of guanidine groups is 1. The summed E-state index contributed by atoms with van der Waals surface area (Å²) in [5.41, 5.74) is 0. The second-order valence-corrected chi connectivity index (χ2v) is 6.28. The number of ether oxygens (including phenoxy) is 2. The van der Waals surface area contributed by atoms with Gasteiger partial charge in [-0.1, -0.05) is 13.8 Å². The van der Waals surface area contributed by atoms with Gasteiger partial charge in [0.1, 0.15) is 0 Å². The number of nitrogens with one attached hydrogen (secondary N) is 1. The van der Waals surface area contributed by atoms with Gasteiger partial charge in [0.15, 0.2) is 5.96 Å². The van der Waals surface area contributed by atoms with E-state index in [1.165, 1.54) is 0 Å². The van der Waals surface area contributed by atoms with E-state index < -0.39 is 0 Å². The molecular formula is C17H33N3O3. The summed E-state index contributed by atoms with van der Waals surface area (Å²) in [6.07, 6.45) is 2.74. The molecule has 0 bridgehead atoms. The Morgan fingerprint density at radius 3 is 2.57 bits per heavy atom. The van der Waals surface area contributed by atoms with Gasteiger partial charge in [0.05, 0.1) is 19.1 Å². The molecule has 1 N–H and O–H groups in total. The fourth-order valence-corrected chi connectivity index (χ4v) is 2.58. The van der Waals surface area contributed by atoms with Crippen molar-refractivity contribution in [3.05, 3.63) is 0 Å². The summed E-state index contributed by atoms with van der Waals surface area (Å²) in [5.74, 6) is 1.54. The van der Waals surface area contributed by atoms with Gasteiger partial charge in [-0.05, 0) is 32.1 Å². The molecular weight excluding hydrogens is 294 g/mol. The van der Waals surface area contributed by atoms with E-state index in [9.17, 15) is 4.79 Å². The Balaban J connectivity index is 2.22. The lowest BCUT2D eigenvalue weighted by Crippen LogP contribution is -2.47. The second-order valence-electron chi connectivity index (χ2n) is 6.28. The molecule has 1 rings (SSSR count). The molecule has 0 radical (unpaired) electrons. The molecule has 1 aliphatic heterocycles. The number of aliphatic imine (C=N–C) groups is 1. The first kappa shape index (κ1) is 19.7. The van der Waals surface area contributed by atoms with Crippen LogP contribution in [0.25, 0.3) is 0 Å². The summed E-state index contributed by atoms with van der Waals surface area (Å²) in [7, 11) is 1.79. The smallest absolute Gasteiger partial charge is 0.309 e. The number of hydrogen-bond donors (Lipinski definition) is 1. The lowest BCUT2D eigenvalue weighted by Gasteiger charge is -2.33. The predicted molar refractivity (Wildman–Crippen MR) is 92.6 cm³/mol. The maximum absolute atomic E-state index is 11.8. The second kappa shape index (κ2) is 11.3. The zero-order chi connectivity index (χ0) is 17.1. The Bertz CT molecular complexity index is 364. The maximum Gasteiger partial charge on any atom is 0.309 e. The number of carbonyl (C=O) groups is 1. The Morgan fingerprint density at radius 1 is 1.30 bits per heavy atom. The number of hydrogen-bond acceptors (Lipinski definition) is 4. The molecule has 0 amide bonds.